The minimum Gasteiger partial charge on any atom is -0.350 e. The van der Waals surface area contributed by atoms with E-state index in [-0.39, 0.29) is 41.7 Å². The molecule has 0 aliphatic heterocycles. The summed E-state index contributed by atoms with van der Waals surface area (Å²) in [6, 6.07) is -0.381. The lowest BCUT2D eigenvalue weighted by molar-refractivity contribution is -0.129. The average Bonchev–Trinajstić information content (AvgIpc) is 2.61. The fourth-order valence-electron chi connectivity index (χ4n) is 2.40. The number of amides is 2. The lowest BCUT2D eigenvalue weighted by Crippen LogP contribution is -2.51. The van der Waals surface area contributed by atoms with Gasteiger partial charge in [0.2, 0.25) is 11.8 Å². The Bertz CT molecular complexity index is 342. The third-order valence-electron chi connectivity index (χ3n) is 3.43. The van der Waals surface area contributed by atoms with Crippen molar-refractivity contribution < 1.29 is 9.59 Å². The smallest absolute Gasteiger partial charge is 0.242 e. The highest BCUT2D eigenvalue weighted by Crippen LogP contribution is 2.26. The van der Waals surface area contributed by atoms with Gasteiger partial charge in [0.15, 0.2) is 0 Å². The number of hydrogen-bond acceptors (Lipinski definition) is 3. The van der Waals surface area contributed by atoms with E-state index in [9.17, 15) is 9.59 Å². The van der Waals surface area contributed by atoms with Gasteiger partial charge in [0.1, 0.15) is 6.04 Å². The van der Waals surface area contributed by atoms with Crippen molar-refractivity contribution in [3.05, 3.63) is 0 Å². The summed E-state index contributed by atoms with van der Waals surface area (Å²) < 4.78 is 0. The van der Waals surface area contributed by atoms with Gasteiger partial charge in [-0.2, -0.15) is 0 Å². The molecule has 1 aliphatic rings. The van der Waals surface area contributed by atoms with E-state index in [1.165, 1.54) is 0 Å². The summed E-state index contributed by atoms with van der Waals surface area (Å²) in [5.41, 5.74) is 5.65. The van der Waals surface area contributed by atoms with Gasteiger partial charge >= 0.3 is 0 Å². The van der Waals surface area contributed by atoms with Crippen LogP contribution in [0.25, 0.3) is 0 Å². The van der Waals surface area contributed by atoms with Crippen LogP contribution in [-0.2, 0) is 9.59 Å². The first-order valence-electron chi connectivity index (χ1n) is 7.06. The van der Waals surface area contributed by atoms with Crippen LogP contribution in [0, 0.1) is 5.92 Å². The number of carbonyl (C=O) groups is 2. The van der Waals surface area contributed by atoms with Crippen molar-refractivity contribution in [2.75, 3.05) is 0 Å². The van der Waals surface area contributed by atoms with Crippen molar-refractivity contribution in [3.63, 3.8) is 0 Å². The average molecular weight is 306 g/mol. The molecule has 0 radical (unpaired) electrons. The van der Waals surface area contributed by atoms with Gasteiger partial charge in [0, 0.05) is 18.0 Å². The Morgan fingerprint density at radius 1 is 1.30 bits per heavy atom. The van der Waals surface area contributed by atoms with Crippen LogP contribution in [-0.4, -0.2) is 29.4 Å². The Kier molecular flexibility index (Phi) is 7.52. The number of hydrogen-bond donors (Lipinski definition) is 3. The van der Waals surface area contributed by atoms with Gasteiger partial charge in [0.05, 0.1) is 0 Å². The van der Waals surface area contributed by atoms with Gasteiger partial charge in [0.25, 0.3) is 0 Å². The molecule has 3 atom stereocenters. The van der Waals surface area contributed by atoms with Crippen LogP contribution in [0.1, 0.15) is 53.4 Å². The molecule has 4 N–H and O–H groups in total. The number of nitrogens with one attached hydrogen (secondary N) is 2. The highest BCUT2D eigenvalue weighted by Gasteiger charge is 2.27. The van der Waals surface area contributed by atoms with Crippen molar-refractivity contribution in [3.8, 4) is 0 Å². The van der Waals surface area contributed by atoms with E-state index in [1.807, 2.05) is 20.8 Å². The third-order valence-corrected chi connectivity index (χ3v) is 3.43. The topological polar surface area (TPSA) is 84.2 Å². The first kappa shape index (κ1) is 19.2. The first-order chi connectivity index (χ1) is 8.69. The molecule has 1 fully saturated rings. The molecule has 1 saturated carbocycles. The van der Waals surface area contributed by atoms with Crippen molar-refractivity contribution in [1.82, 2.24) is 10.6 Å². The molecule has 0 aromatic carbocycles. The maximum absolute atomic E-state index is 11.9. The second-order valence-corrected chi connectivity index (χ2v) is 6.59. The summed E-state index contributed by atoms with van der Waals surface area (Å²) in [4.78, 5) is 23.7. The van der Waals surface area contributed by atoms with Crippen molar-refractivity contribution in [2.45, 2.75) is 71.0 Å². The van der Waals surface area contributed by atoms with Gasteiger partial charge < -0.3 is 16.4 Å². The maximum Gasteiger partial charge on any atom is 0.242 e. The van der Waals surface area contributed by atoms with E-state index in [2.05, 4.69) is 10.6 Å². The lowest BCUT2D eigenvalue weighted by Gasteiger charge is -2.24. The predicted octanol–water partition coefficient (Wildman–Crippen LogP) is 1.35. The Balaban J connectivity index is 0.00000361. The summed E-state index contributed by atoms with van der Waals surface area (Å²) in [6.45, 7) is 7.44. The molecule has 1 unspecified atom stereocenters. The van der Waals surface area contributed by atoms with Gasteiger partial charge in [-0.15, -0.1) is 12.4 Å². The molecule has 5 nitrogen and oxygen atoms in total. The molecule has 1 aliphatic carbocycles. The molecule has 0 heterocycles. The standard InChI is InChI=1S/C14H27N3O2.ClH/c1-9(13(19)17-14(2,3)4)16-12(18)8-10-6-5-7-11(10)15;/h9-11H,5-8,15H2,1-4H3,(H,16,18)(H,17,19);1H/t9?,10-,11+;/m0./s1. The Morgan fingerprint density at radius 3 is 2.35 bits per heavy atom. The Morgan fingerprint density at radius 2 is 1.90 bits per heavy atom. The van der Waals surface area contributed by atoms with Crippen LogP contribution < -0.4 is 16.4 Å². The molecule has 118 valence electrons. The molecule has 0 aromatic heterocycles. The summed E-state index contributed by atoms with van der Waals surface area (Å²) in [5.74, 6) is 0.0216. The zero-order valence-corrected chi connectivity index (χ0v) is 13.7. The molecule has 0 bridgehead atoms. The second-order valence-electron chi connectivity index (χ2n) is 6.59. The summed E-state index contributed by atoms with van der Waals surface area (Å²) in [7, 11) is 0. The second kappa shape index (κ2) is 7.84. The van der Waals surface area contributed by atoms with Crippen LogP contribution in [0.5, 0.6) is 0 Å². The van der Waals surface area contributed by atoms with Crippen LogP contribution in [0.15, 0.2) is 0 Å². The van der Waals surface area contributed by atoms with E-state index < -0.39 is 6.04 Å². The van der Waals surface area contributed by atoms with E-state index in [1.54, 1.807) is 6.92 Å². The van der Waals surface area contributed by atoms with Crippen LogP contribution >= 0.6 is 12.4 Å². The molecule has 20 heavy (non-hydrogen) atoms. The van der Waals surface area contributed by atoms with Gasteiger partial charge in [-0.3, -0.25) is 9.59 Å². The maximum atomic E-state index is 11.9. The third kappa shape index (κ3) is 6.57. The van der Waals surface area contributed by atoms with E-state index in [4.69, 9.17) is 5.73 Å². The Hall–Kier alpha value is -0.810. The van der Waals surface area contributed by atoms with Crippen LogP contribution in [0.2, 0.25) is 0 Å². The van der Waals surface area contributed by atoms with Crippen molar-refractivity contribution in [2.24, 2.45) is 11.7 Å². The highest BCUT2D eigenvalue weighted by molar-refractivity contribution is 5.87. The zero-order valence-electron chi connectivity index (χ0n) is 12.9. The summed E-state index contributed by atoms with van der Waals surface area (Å²) in [5, 5.41) is 5.59. The van der Waals surface area contributed by atoms with Gasteiger partial charge in [-0.05, 0) is 46.5 Å². The molecule has 0 aromatic rings. The molecule has 0 saturated heterocycles. The largest absolute Gasteiger partial charge is 0.350 e. The van der Waals surface area contributed by atoms with Crippen molar-refractivity contribution >= 4 is 24.2 Å². The monoisotopic (exact) mass is 305 g/mol. The molecule has 0 spiro atoms. The molecule has 2 amide bonds. The lowest BCUT2D eigenvalue weighted by atomic mass is 9.99. The predicted molar refractivity (Wildman–Crippen MR) is 82.7 cm³/mol. The molecule has 1 rings (SSSR count). The number of carbonyl (C=O) groups excluding carboxylic acids is 2. The minimum absolute atomic E-state index is 0. The van der Waals surface area contributed by atoms with Gasteiger partial charge in [-0.1, -0.05) is 6.42 Å². The fraction of sp³-hybridized carbons (Fsp3) is 0.857. The van der Waals surface area contributed by atoms with Crippen molar-refractivity contribution in [1.29, 1.82) is 0 Å². The normalized spacial score (nSPS) is 23.6. The highest BCUT2D eigenvalue weighted by atomic mass is 35.5. The summed E-state index contributed by atoms with van der Waals surface area (Å²) in [6.07, 6.45) is 3.53. The van der Waals surface area contributed by atoms with E-state index in [0.717, 1.165) is 19.3 Å². The number of halogens is 1. The molecular formula is C14H28ClN3O2. The van der Waals surface area contributed by atoms with Crippen LogP contribution in [0.3, 0.4) is 0 Å². The summed E-state index contributed by atoms with van der Waals surface area (Å²) >= 11 is 0. The quantitative estimate of drug-likeness (QED) is 0.733. The SMILES string of the molecule is CC(NC(=O)C[C@@H]1CCC[C@H]1N)C(=O)NC(C)(C)C.Cl. The molecular weight excluding hydrogens is 278 g/mol. The van der Waals surface area contributed by atoms with E-state index >= 15 is 0 Å². The first-order valence-corrected chi connectivity index (χ1v) is 7.06. The zero-order chi connectivity index (χ0) is 14.6. The Labute approximate surface area is 127 Å². The number of rotatable bonds is 4. The molecule has 6 heteroatoms. The number of nitrogens with two attached hydrogens (primary N) is 1. The van der Waals surface area contributed by atoms with E-state index in [0.29, 0.717) is 6.42 Å². The van der Waals surface area contributed by atoms with Gasteiger partial charge in [-0.25, -0.2) is 0 Å². The minimum atomic E-state index is -0.510. The van der Waals surface area contributed by atoms with Crippen LogP contribution in [0.4, 0.5) is 0 Å². The fourth-order valence-corrected chi connectivity index (χ4v) is 2.40.